The molecular weight excluding hydrogens is 244 g/mol. The minimum absolute atomic E-state index is 0.397. The maximum absolute atomic E-state index is 5.48. The van der Waals surface area contributed by atoms with Crippen molar-refractivity contribution in [2.24, 2.45) is 0 Å². The molecule has 1 heterocycles. The van der Waals surface area contributed by atoms with Gasteiger partial charge in [0, 0.05) is 16.1 Å². The fraction of sp³-hybridized carbons (Fsp3) is 0.100. The number of anilines is 1. The van der Waals surface area contributed by atoms with Crippen LogP contribution in [-0.4, -0.2) is 5.16 Å². The molecule has 0 fully saturated rings. The van der Waals surface area contributed by atoms with Gasteiger partial charge in [0.15, 0.2) is 11.6 Å². The Kier molecular flexibility index (Phi) is 2.29. The van der Waals surface area contributed by atoms with Gasteiger partial charge in [0.05, 0.1) is 0 Å². The average Bonchev–Trinajstić information content (AvgIpc) is 2.56. The molecule has 1 aromatic carbocycles. The van der Waals surface area contributed by atoms with Crippen LogP contribution in [-0.2, 0) is 0 Å². The summed E-state index contributed by atoms with van der Waals surface area (Å²) in [7, 11) is 0. The third-order valence-corrected chi connectivity index (χ3v) is 2.61. The Bertz CT molecular complexity index is 465. The highest BCUT2D eigenvalue weighted by molar-refractivity contribution is 9.10. The minimum atomic E-state index is 0.397. The van der Waals surface area contributed by atoms with E-state index in [4.69, 9.17) is 10.3 Å². The summed E-state index contributed by atoms with van der Waals surface area (Å²) in [5.41, 5.74) is 7.62. The second-order valence-corrected chi connectivity index (χ2v) is 3.95. The zero-order chi connectivity index (χ0) is 10.1. The highest BCUT2D eigenvalue weighted by Crippen LogP contribution is 2.29. The van der Waals surface area contributed by atoms with Gasteiger partial charge in [0.25, 0.3) is 0 Å². The Balaban J connectivity index is 2.55. The molecular formula is C10H9BrN2O. The molecule has 0 unspecified atom stereocenters. The molecule has 0 aliphatic heterocycles. The third-order valence-electron chi connectivity index (χ3n) is 1.92. The number of halogens is 1. The Morgan fingerprint density at radius 1 is 1.36 bits per heavy atom. The summed E-state index contributed by atoms with van der Waals surface area (Å²) in [6.07, 6.45) is 0. The van der Waals surface area contributed by atoms with Crippen LogP contribution < -0.4 is 5.73 Å². The summed E-state index contributed by atoms with van der Waals surface area (Å²) >= 11 is 3.45. The molecule has 0 spiro atoms. The number of benzene rings is 1. The number of rotatable bonds is 1. The van der Waals surface area contributed by atoms with Crippen LogP contribution in [0.5, 0.6) is 0 Å². The first-order valence-electron chi connectivity index (χ1n) is 4.15. The Morgan fingerprint density at radius 3 is 2.79 bits per heavy atom. The van der Waals surface area contributed by atoms with E-state index in [2.05, 4.69) is 21.1 Å². The summed E-state index contributed by atoms with van der Waals surface area (Å²) in [5, 5.41) is 3.65. The van der Waals surface area contributed by atoms with Crippen LogP contribution in [0.25, 0.3) is 11.3 Å². The lowest BCUT2D eigenvalue weighted by Gasteiger charge is -2.00. The number of aryl methyl sites for hydroxylation is 1. The highest BCUT2D eigenvalue weighted by Gasteiger charge is 2.08. The van der Waals surface area contributed by atoms with Crippen LogP contribution in [0.2, 0.25) is 0 Å². The molecule has 0 atom stereocenters. The molecule has 2 rings (SSSR count). The lowest BCUT2D eigenvalue weighted by atomic mass is 10.1. The lowest BCUT2D eigenvalue weighted by Crippen LogP contribution is -1.81. The van der Waals surface area contributed by atoms with E-state index < -0.39 is 0 Å². The smallest absolute Gasteiger partial charge is 0.170 e. The van der Waals surface area contributed by atoms with E-state index in [1.54, 1.807) is 6.07 Å². The van der Waals surface area contributed by atoms with Crippen LogP contribution in [0.4, 0.5) is 5.82 Å². The molecule has 72 valence electrons. The molecule has 0 aliphatic rings. The van der Waals surface area contributed by atoms with Gasteiger partial charge in [-0.3, -0.25) is 0 Å². The number of aromatic nitrogens is 1. The fourth-order valence-corrected chi connectivity index (χ4v) is 1.69. The summed E-state index contributed by atoms with van der Waals surface area (Å²) in [4.78, 5) is 0. The molecule has 4 heteroatoms. The average molecular weight is 253 g/mol. The van der Waals surface area contributed by atoms with E-state index in [9.17, 15) is 0 Å². The summed E-state index contributed by atoms with van der Waals surface area (Å²) < 4.78 is 6.05. The summed E-state index contributed by atoms with van der Waals surface area (Å²) in [5.74, 6) is 1.08. The maximum Gasteiger partial charge on any atom is 0.170 e. The van der Waals surface area contributed by atoms with Crippen molar-refractivity contribution >= 4 is 21.7 Å². The van der Waals surface area contributed by atoms with Gasteiger partial charge in [-0.1, -0.05) is 32.7 Å². The third kappa shape index (κ3) is 1.65. The highest BCUT2D eigenvalue weighted by atomic mass is 79.9. The quantitative estimate of drug-likeness (QED) is 0.849. The van der Waals surface area contributed by atoms with E-state index in [-0.39, 0.29) is 0 Å². The second kappa shape index (κ2) is 3.46. The van der Waals surface area contributed by atoms with E-state index in [0.717, 1.165) is 15.6 Å². The topological polar surface area (TPSA) is 52.0 Å². The largest absolute Gasteiger partial charge is 0.381 e. The van der Waals surface area contributed by atoms with Crippen LogP contribution in [0.15, 0.2) is 33.3 Å². The molecule has 0 aliphatic carbocycles. The molecule has 0 amide bonds. The van der Waals surface area contributed by atoms with Crippen LogP contribution in [0, 0.1) is 6.92 Å². The monoisotopic (exact) mass is 252 g/mol. The van der Waals surface area contributed by atoms with Crippen molar-refractivity contribution in [3.8, 4) is 11.3 Å². The molecule has 0 saturated carbocycles. The van der Waals surface area contributed by atoms with Crippen molar-refractivity contribution in [3.63, 3.8) is 0 Å². The minimum Gasteiger partial charge on any atom is -0.381 e. The van der Waals surface area contributed by atoms with Gasteiger partial charge in [-0.2, -0.15) is 0 Å². The van der Waals surface area contributed by atoms with Crippen molar-refractivity contribution in [2.45, 2.75) is 6.92 Å². The zero-order valence-electron chi connectivity index (χ0n) is 7.62. The van der Waals surface area contributed by atoms with Crippen molar-refractivity contribution < 1.29 is 4.52 Å². The Morgan fingerprint density at radius 2 is 2.14 bits per heavy atom. The van der Waals surface area contributed by atoms with Crippen molar-refractivity contribution in [2.75, 3.05) is 5.73 Å². The first-order chi connectivity index (χ1) is 6.66. The van der Waals surface area contributed by atoms with Crippen molar-refractivity contribution in [3.05, 3.63) is 34.3 Å². The van der Waals surface area contributed by atoms with E-state index in [1.165, 1.54) is 0 Å². The van der Waals surface area contributed by atoms with Crippen LogP contribution in [0.1, 0.15) is 5.56 Å². The molecule has 1 aromatic heterocycles. The Hall–Kier alpha value is -1.29. The van der Waals surface area contributed by atoms with E-state index in [0.29, 0.717) is 11.6 Å². The molecule has 0 radical (unpaired) electrons. The standard InChI is InChI=1S/C10H9BrN2O/c1-6-2-3-8(11)7(4-6)9-5-10(12)13-14-9/h2-5H,1H3,(H2,12,13). The van der Waals surface area contributed by atoms with Gasteiger partial charge < -0.3 is 10.3 Å². The number of nitrogens with two attached hydrogens (primary N) is 1. The number of hydrogen-bond acceptors (Lipinski definition) is 3. The molecule has 3 nitrogen and oxygen atoms in total. The first-order valence-corrected chi connectivity index (χ1v) is 4.95. The second-order valence-electron chi connectivity index (χ2n) is 3.10. The predicted octanol–water partition coefficient (Wildman–Crippen LogP) is 2.99. The fourth-order valence-electron chi connectivity index (χ4n) is 1.24. The maximum atomic E-state index is 5.48. The van der Waals surface area contributed by atoms with Gasteiger partial charge in [0.2, 0.25) is 0 Å². The first kappa shape index (κ1) is 9.27. The number of nitrogens with zero attached hydrogens (tertiary/aromatic N) is 1. The van der Waals surface area contributed by atoms with Crippen LogP contribution in [0.3, 0.4) is 0 Å². The lowest BCUT2D eigenvalue weighted by molar-refractivity contribution is 0.435. The van der Waals surface area contributed by atoms with Crippen molar-refractivity contribution in [1.82, 2.24) is 5.16 Å². The molecule has 2 N–H and O–H groups in total. The van der Waals surface area contributed by atoms with Gasteiger partial charge >= 0.3 is 0 Å². The van der Waals surface area contributed by atoms with E-state index in [1.807, 2.05) is 25.1 Å². The normalized spacial score (nSPS) is 10.4. The molecule has 0 bridgehead atoms. The van der Waals surface area contributed by atoms with Gasteiger partial charge in [-0.25, -0.2) is 0 Å². The zero-order valence-corrected chi connectivity index (χ0v) is 9.21. The van der Waals surface area contributed by atoms with Gasteiger partial charge in [-0.15, -0.1) is 0 Å². The molecule has 2 aromatic rings. The van der Waals surface area contributed by atoms with Crippen LogP contribution >= 0.6 is 15.9 Å². The molecule has 0 saturated heterocycles. The van der Waals surface area contributed by atoms with Gasteiger partial charge in [-0.05, 0) is 19.1 Å². The van der Waals surface area contributed by atoms with E-state index >= 15 is 0 Å². The molecule has 14 heavy (non-hydrogen) atoms. The van der Waals surface area contributed by atoms with Gasteiger partial charge in [0.1, 0.15) is 0 Å². The number of hydrogen-bond donors (Lipinski definition) is 1. The van der Waals surface area contributed by atoms with Crippen molar-refractivity contribution in [1.29, 1.82) is 0 Å². The summed E-state index contributed by atoms with van der Waals surface area (Å²) in [6, 6.07) is 7.72. The number of nitrogen functional groups attached to an aromatic ring is 1. The predicted molar refractivity (Wildman–Crippen MR) is 58.8 cm³/mol. The SMILES string of the molecule is Cc1ccc(Br)c(-c2cc(N)no2)c1. The summed E-state index contributed by atoms with van der Waals surface area (Å²) in [6.45, 7) is 2.02. The Labute approximate surface area is 90.0 Å².